The lowest BCUT2D eigenvalue weighted by atomic mass is 10.1. The van der Waals surface area contributed by atoms with Crippen LogP contribution in [0.5, 0.6) is 0 Å². The standard InChI is InChI=1S/C8H20N2/c1-7(2)5-6-9-10-8(3)4/h7-10H,5-6H2,1-4H3. The van der Waals surface area contributed by atoms with E-state index in [4.69, 9.17) is 0 Å². The van der Waals surface area contributed by atoms with Crippen LogP contribution in [0.1, 0.15) is 34.1 Å². The van der Waals surface area contributed by atoms with Crippen molar-refractivity contribution in [3.63, 3.8) is 0 Å². The third-order valence-electron chi connectivity index (χ3n) is 1.24. The molecule has 10 heavy (non-hydrogen) atoms. The van der Waals surface area contributed by atoms with Crippen LogP contribution in [0.4, 0.5) is 0 Å². The molecule has 2 nitrogen and oxygen atoms in total. The molecule has 0 aliphatic heterocycles. The highest BCUT2D eigenvalue weighted by molar-refractivity contribution is 4.50. The van der Waals surface area contributed by atoms with E-state index in [2.05, 4.69) is 38.5 Å². The number of nitrogens with one attached hydrogen (secondary N) is 2. The van der Waals surface area contributed by atoms with Gasteiger partial charge in [0, 0.05) is 12.6 Å². The van der Waals surface area contributed by atoms with E-state index in [0.717, 1.165) is 12.5 Å². The average Bonchev–Trinajstić information content (AvgIpc) is 1.79. The molecule has 0 amide bonds. The van der Waals surface area contributed by atoms with E-state index >= 15 is 0 Å². The molecule has 0 saturated heterocycles. The molecule has 0 aromatic carbocycles. The van der Waals surface area contributed by atoms with E-state index in [1.165, 1.54) is 6.42 Å². The van der Waals surface area contributed by atoms with Gasteiger partial charge in [-0.15, -0.1) is 0 Å². The molecule has 0 saturated carbocycles. The second-order valence-corrected chi connectivity index (χ2v) is 3.41. The number of hydrogen-bond acceptors (Lipinski definition) is 2. The molecule has 0 radical (unpaired) electrons. The zero-order valence-electron chi connectivity index (χ0n) is 7.57. The first kappa shape index (κ1) is 9.92. The molecule has 0 spiro atoms. The third kappa shape index (κ3) is 7.92. The van der Waals surface area contributed by atoms with E-state index in [-0.39, 0.29) is 0 Å². The summed E-state index contributed by atoms with van der Waals surface area (Å²) in [7, 11) is 0. The second kappa shape index (κ2) is 5.69. The van der Waals surface area contributed by atoms with Crippen LogP contribution >= 0.6 is 0 Å². The van der Waals surface area contributed by atoms with Gasteiger partial charge in [0.25, 0.3) is 0 Å². The Morgan fingerprint density at radius 3 is 2.10 bits per heavy atom. The first-order chi connectivity index (χ1) is 4.63. The Labute approximate surface area is 64.4 Å². The fourth-order valence-corrected chi connectivity index (χ4v) is 0.637. The summed E-state index contributed by atoms with van der Waals surface area (Å²) in [5.41, 5.74) is 6.32. The molecule has 0 bridgehead atoms. The summed E-state index contributed by atoms with van der Waals surface area (Å²) >= 11 is 0. The molecule has 2 N–H and O–H groups in total. The molecule has 0 aliphatic carbocycles. The third-order valence-corrected chi connectivity index (χ3v) is 1.24. The van der Waals surface area contributed by atoms with E-state index < -0.39 is 0 Å². The van der Waals surface area contributed by atoms with Crippen LogP contribution in [0.25, 0.3) is 0 Å². The summed E-state index contributed by atoms with van der Waals surface area (Å²) in [6, 6.07) is 0.534. The van der Waals surface area contributed by atoms with E-state index in [1.807, 2.05) is 0 Å². The van der Waals surface area contributed by atoms with Crippen LogP contribution in [0.2, 0.25) is 0 Å². The van der Waals surface area contributed by atoms with Crippen molar-refractivity contribution >= 4 is 0 Å². The molecule has 0 heterocycles. The monoisotopic (exact) mass is 144 g/mol. The number of hydrogen-bond donors (Lipinski definition) is 2. The predicted molar refractivity (Wildman–Crippen MR) is 45.7 cm³/mol. The van der Waals surface area contributed by atoms with Crippen molar-refractivity contribution in [2.45, 2.75) is 40.2 Å². The molecular weight excluding hydrogens is 124 g/mol. The Hall–Kier alpha value is -0.0800. The van der Waals surface area contributed by atoms with Crippen molar-refractivity contribution in [3.05, 3.63) is 0 Å². The van der Waals surface area contributed by atoms with Crippen molar-refractivity contribution < 1.29 is 0 Å². The van der Waals surface area contributed by atoms with Gasteiger partial charge in [0.05, 0.1) is 0 Å². The van der Waals surface area contributed by atoms with Gasteiger partial charge in [-0.1, -0.05) is 13.8 Å². The first-order valence-electron chi connectivity index (χ1n) is 4.11. The Balaban J connectivity index is 2.91. The minimum atomic E-state index is 0.534. The fraction of sp³-hybridized carbons (Fsp3) is 1.00. The number of hydrazine groups is 1. The Morgan fingerprint density at radius 1 is 1.10 bits per heavy atom. The van der Waals surface area contributed by atoms with Crippen LogP contribution < -0.4 is 10.9 Å². The fourth-order valence-electron chi connectivity index (χ4n) is 0.637. The summed E-state index contributed by atoms with van der Waals surface area (Å²) < 4.78 is 0. The summed E-state index contributed by atoms with van der Waals surface area (Å²) in [4.78, 5) is 0. The summed E-state index contributed by atoms with van der Waals surface area (Å²) in [6.45, 7) is 9.79. The van der Waals surface area contributed by atoms with Crippen LogP contribution in [0.15, 0.2) is 0 Å². The lowest BCUT2D eigenvalue weighted by Crippen LogP contribution is -2.38. The van der Waals surface area contributed by atoms with Crippen molar-refractivity contribution in [2.24, 2.45) is 5.92 Å². The summed E-state index contributed by atoms with van der Waals surface area (Å²) in [5, 5.41) is 0. The topological polar surface area (TPSA) is 24.1 Å². The smallest absolute Gasteiger partial charge is 0.0156 e. The molecule has 0 fully saturated rings. The lowest BCUT2D eigenvalue weighted by molar-refractivity contribution is 0.439. The Kier molecular flexibility index (Phi) is 5.64. The van der Waals surface area contributed by atoms with Gasteiger partial charge in [0.2, 0.25) is 0 Å². The van der Waals surface area contributed by atoms with Crippen molar-refractivity contribution in [1.29, 1.82) is 0 Å². The quantitative estimate of drug-likeness (QED) is 0.452. The highest BCUT2D eigenvalue weighted by atomic mass is 15.4. The van der Waals surface area contributed by atoms with Crippen molar-refractivity contribution in [2.75, 3.05) is 6.54 Å². The van der Waals surface area contributed by atoms with E-state index in [0.29, 0.717) is 6.04 Å². The second-order valence-electron chi connectivity index (χ2n) is 3.41. The van der Waals surface area contributed by atoms with Gasteiger partial charge < -0.3 is 0 Å². The highest BCUT2D eigenvalue weighted by Gasteiger charge is 1.93. The SMILES string of the molecule is CC(C)CCNNC(C)C. The average molecular weight is 144 g/mol. The van der Waals surface area contributed by atoms with E-state index in [1.54, 1.807) is 0 Å². The number of rotatable bonds is 5. The van der Waals surface area contributed by atoms with Gasteiger partial charge in [-0.2, -0.15) is 0 Å². The largest absolute Gasteiger partial charge is 0.258 e. The lowest BCUT2D eigenvalue weighted by Gasteiger charge is -2.10. The van der Waals surface area contributed by atoms with Gasteiger partial charge in [-0.25, -0.2) is 0 Å². The maximum Gasteiger partial charge on any atom is 0.0156 e. The van der Waals surface area contributed by atoms with Gasteiger partial charge in [0.1, 0.15) is 0 Å². The molecule has 2 heteroatoms. The van der Waals surface area contributed by atoms with Crippen molar-refractivity contribution in [3.8, 4) is 0 Å². The molecule has 0 rings (SSSR count). The predicted octanol–water partition coefficient (Wildman–Crippen LogP) is 1.54. The zero-order valence-corrected chi connectivity index (χ0v) is 7.57. The molecular formula is C8H20N2. The zero-order chi connectivity index (χ0) is 7.98. The van der Waals surface area contributed by atoms with Gasteiger partial charge in [0.15, 0.2) is 0 Å². The van der Waals surface area contributed by atoms with Gasteiger partial charge in [-0.05, 0) is 26.2 Å². The summed E-state index contributed by atoms with van der Waals surface area (Å²) in [5.74, 6) is 0.793. The van der Waals surface area contributed by atoms with Gasteiger partial charge in [-0.3, -0.25) is 10.9 Å². The van der Waals surface area contributed by atoms with Crippen LogP contribution in [-0.4, -0.2) is 12.6 Å². The van der Waals surface area contributed by atoms with E-state index in [9.17, 15) is 0 Å². The molecule has 0 aliphatic rings. The maximum atomic E-state index is 3.17. The molecule has 0 unspecified atom stereocenters. The van der Waals surface area contributed by atoms with Crippen molar-refractivity contribution in [1.82, 2.24) is 10.9 Å². The van der Waals surface area contributed by atoms with Gasteiger partial charge >= 0.3 is 0 Å². The molecule has 0 atom stereocenters. The van der Waals surface area contributed by atoms with Crippen LogP contribution in [0.3, 0.4) is 0 Å². The van der Waals surface area contributed by atoms with Crippen LogP contribution in [0, 0.1) is 5.92 Å². The highest BCUT2D eigenvalue weighted by Crippen LogP contribution is 1.95. The minimum absolute atomic E-state index is 0.534. The Bertz CT molecular complexity index is 59.7. The molecule has 0 aromatic rings. The normalized spacial score (nSPS) is 11.4. The summed E-state index contributed by atoms with van der Waals surface area (Å²) in [6.07, 6.45) is 1.24. The molecule has 0 aromatic heterocycles. The Morgan fingerprint density at radius 2 is 1.70 bits per heavy atom. The van der Waals surface area contributed by atoms with Crippen LogP contribution in [-0.2, 0) is 0 Å². The minimum Gasteiger partial charge on any atom is -0.258 e. The molecule has 62 valence electrons. The maximum absolute atomic E-state index is 3.17. The first-order valence-corrected chi connectivity index (χ1v) is 4.11.